The topological polar surface area (TPSA) is 49.3 Å². The first-order valence-corrected chi connectivity index (χ1v) is 6.40. The number of hydrogen-bond donors (Lipinski definition) is 2. The van der Waals surface area contributed by atoms with Gasteiger partial charge in [-0.2, -0.15) is 0 Å². The molecule has 1 atom stereocenters. The van der Waals surface area contributed by atoms with Crippen molar-refractivity contribution >= 4 is 5.78 Å². The Morgan fingerprint density at radius 2 is 1.84 bits per heavy atom. The molecule has 0 bridgehead atoms. The second-order valence-corrected chi connectivity index (χ2v) is 4.75. The molecule has 3 heteroatoms. The molecule has 0 saturated heterocycles. The number of phenols is 1. The van der Waals surface area contributed by atoms with E-state index in [-0.39, 0.29) is 17.6 Å². The third-order valence-corrected chi connectivity index (χ3v) is 3.52. The SMILES string of the molecule is O=C(c1ccc(O)cc1)C1NCCc2ccccc21. The van der Waals surface area contributed by atoms with Crippen molar-refractivity contribution in [3.63, 3.8) is 0 Å². The first-order valence-electron chi connectivity index (χ1n) is 6.40. The van der Waals surface area contributed by atoms with Gasteiger partial charge in [0.05, 0.1) is 6.04 Å². The maximum Gasteiger partial charge on any atom is 0.184 e. The van der Waals surface area contributed by atoms with Crippen molar-refractivity contribution in [3.8, 4) is 5.75 Å². The molecule has 0 aromatic heterocycles. The lowest BCUT2D eigenvalue weighted by atomic mass is 9.89. The fraction of sp³-hybridized carbons (Fsp3) is 0.188. The average molecular weight is 253 g/mol. The van der Waals surface area contributed by atoms with E-state index in [9.17, 15) is 9.90 Å². The average Bonchev–Trinajstić information content (AvgIpc) is 2.47. The molecule has 1 heterocycles. The Hall–Kier alpha value is -2.13. The minimum Gasteiger partial charge on any atom is -0.508 e. The summed E-state index contributed by atoms with van der Waals surface area (Å²) < 4.78 is 0. The molecular formula is C16H15NO2. The van der Waals surface area contributed by atoms with Crippen LogP contribution in [0.15, 0.2) is 48.5 Å². The molecule has 1 unspecified atom stereocenters. The van der Waals surface area contributed by atoms with Gasteiger partial charge in [0.25, 0.3) is 0 Å². The Bertz CT molecular complexity index is 604. The number of Topliss-reactive ketones (excluding diaryl/α,β-unsaturated/α-hetero) is 1. The van der Waals surface area contributed by atoms with Crippen molar-refractivity contribution in [1.29, 1.82) is 0 Å². The number of phenolic OH excluding ortho intramolecular Hbond substituents is 1. The van der Waals surface area contributed by atoms with Crippen LogP contribution in [0.5, 0.6) is 5.75 Å². The van der Waals surface area contributed by atoms with Crippen LogP contribution in [0.25, 0.3) is 0 Å². The normalized spacial score (nSPS) is 17.8. The van der Waals surface area contributed by atoms with Crippen molar-refractivity contribution in [2.75, 3.05) is 6.54 Å². The van der Waals surface area contributed by atoms with Gasteiger partial charge in [0.2, 0.25) is 0 Å². The maximum absolute atomic E-state index is 12.5. The van der Waals surface area contributed by atoms with Gasteiger partial charge in [-0.25, -0.2) is 0 Å². The van der Waals surface area contributed by atoms with Gasteiger partial charge in [-0.3, -0.25) is 4.79 Å². The second-order valence-electron chi connectivity index (χ2n) is 4.75. The molecule has 2 aromatic rings. The number of carbonyl (C=O) groups is 1. The maximum atomic E-state index is 12.5. The lowest BCUT2D eigenvalue weighted by Crippen LogP contribution is -2.35. The second kappa shape index (κ2) is 4.86. The van der Waals surface area contributed by atoms with Gasteiger partial charge in [0.1, 0.15) is 5.75 Å². The third-order valence-electron chi connectivity index (χ3n) is 3.52. The van der Waals surface area contributed by atoms with Gasteiger partial charge in [0.15, 0.2) is 5.78 Å². The largest absolute Gasteiger partial charge is 0.508 e. The highest BCUT2D eigenvalue weighted by atomic mass is 16.3. The van der Waals surface area contributed by atoms with E-state index < -0.39 is 0 Å². The van der Waals surface area contributed by atoms with Gasteiger partial charge in [0, 0.05) is 12.1 Å². The summed E-state index contributed by atoms with van der Waals surface area (Å²) in [6, 6.07) is 14.2. The summed E-state index contributed by atoms with van der Waals surface area (Å²) in [5.74, 6) is 0.223. The molecule has 3 rings (SSSR count). The van der Waals surface area contributed by atoms with Crippen LogP contribution in [0.1, 0.15) is 27.5 Å². The fourth-order valence-corrected chi connectivity index (χ4v) is 2.53. The van der Waals surface area contributed by atoms with E-state index in [1.807, 2.05) is 18.2 Å². The Morgan fingerprint density at radius 1 is 1.11 bits per heavy atom. The number of carbonyl (C=O) groups excluding carboxylic acids is 1. The van der Waals surface area contributed by atoms with Crippen LogP contribution in [0.4, 0.5) is 0 Å². The highest BCUT2D eigenvalue weighted by molar-refractivity contribution is 6.01. The molecule has 0 amide bonds. The minimum atomic E-state index is -0.283. The lowest BCUT2D eigenvalue weighted by Gasteiger charge is -2.25. The van der Waals surface area contributed by atoms with Crippen molar-refractivity contribution in [1.82, 2.24) is 5.32 Å². The van der Waals surface area contributed by atoms with Gasteiger partial charge in [-0.05, 0) is 41.8 Å². The van der Waals surface area contributed by atoms with Gasteiger partial charge in [-0.1, -0.05) is 24.3 Å². The quantitative estimate of drug-likeness (QED) is 0.808. The number of hydrogen-bond acceptors (Lipinski definition) is 3. The Kier molecular flexibility index (Phi) is 3.05. The first kappa shape index (κ1) is 11.9. The number of ketones is 1. The highest BCUT2D eigenvalue weighted by Gasteiger charge is 2.26. The molecule has 0 spiro atoms. The number of nitrogens with one attached hydrogen (secondary N) is 1. The Balaban J connectivity index is 1.95. The zero-order valence-electron chi connectivity index (χ0n) is 10.5. The number of aromatic hydroxyl groups is 1. The summed E-state index contributed by atoms with van der Waals surface area (Å²) >= 11 is 0. The van der Waals surface area contributed by atoms with E-state index in [1.165, 1.54) is 5.56 Å². The summed E-state index contributed by atoms with van der Waals surface area (Å²) in [5.41, 5.74) is 2.91. The number of fused-ring (bicyclic) bond motifs is 1. The fourth-order valence-electron chi connectivity index (χ4n) is 2.53. The van der Waals surface area contributed by atoms with Crippen molar-refractivity contribution in [2.45, 2.75) is 12.5 Å². The lowest BCUT2D eigenvalue weighted by molar-refractivity contribution is 0.0939. The van der Waals surface area contributed by atoms with Crippen molar-refractivity contribution in [2.24, 2.45) is 0 Å². The number of benzene rings is 2. The number of rotatable bonds is 2. The van der Waals surface area contributed by atoms with Crippen LogP contribution in [0.3, 0.4) is 0 Å². The van der Waals surface area contributed by atoms with Crippen LogP contribution in [-0.4, -0.2) is 17.4 Å². The highest BCUT2D eigenvalue weighted by Crippen LogP contribution is 2.26. The molecule has 96 valence electrons. The van der Waals surface area contributed by atoms with E-state index in [0.29, 0.717) is 5.56 Å². The summed E-state index contributed by atoms with van der Waals surface area (Å²) in [4.78, 5) is 12.5. The molecule has 2 N–H and O–H groups in total. The van der Waals surface area contributed by atoms with Gasteiger partial charge >= 0.3 is 0 Å². The van der Waals surface area contributed by atoms with E-state index in [4.69, 9.17) is 0 Å². The van der Waals surface area contributed by atoms with Gasteiger partial charge < -0.3 is 10.4 Å². The predicted molar refractivity (Wildman–Crippen MR) is 73.3 cm³/mol. The first-order chi connectivity index (χ1) is 9.25. The molecule has 0 saturated carbocycles. The van der Waals surface area contributed by atoms with Gasteiger partial charge in [-0.15, -0.1) is 0 Å². The van der Waals surface area contributed by atoms with E-state index in [0.717, 1.165) is 18.5 Å². The van der Waals surface area contributed by atoms with E-state index in [1.54, 1.807) is 24.3 Å². The van der Waals surface area contributed by atoms with Crippen molar-refractivity contribution in [3.05, 3.63) is 65.2 Å². The van der Waals surface area contributed by atoms with Crippen LogP contribution in [0, 0.1) is 0 Å². The molecule has 1 aliphatic rings. The van der Waals surface area contributed by atoms with Crippen LogP contribution < -0.4 is 5.32 Å². The van der Waals surface area contributed by atoms with Crippen LogP contribution in [0.2, 0.25) is 0 Å². The molecular weight excluding hydrogens is 238 g/mol. The molecule has 0 fully saturated rings. The van der Waals surface area contributed by atoms with E-state index >= 15 is 0 Å². The summed E-state index contributed by atoms with van der Waals surface area (Å²) in [6.45, 7) is 0.811. The molecule has 1 aliphatic heterocycles. The molecule has 19 heavy (non-hydrogen) atoms. The van der Waals surface area contributed by atoms with Crippen LogP contribution in [-0.2, 0) is 6.42 Å². The van der Waals surface area contributed by atoms with Crippen molar-refractivity contribution < 1.29 is 9.90 Å². The molecule has 0 aliphatic carbocycles. The standard InChI is InChI=1S/C16H15NO2/c18-13-7-5-12(6-8-13)16(19)15-14-4-2-1-3-11(14)9-10-17-15/h1-8,15,17-18H,9-10H2. The molecule has 2 aromatic carbocycles. The monoisotopic (exact) mass is 253 g/mol. The third kappa shape index (κ3) is 2.25. The smallest absolute Gasteiger partial charge is 0.184 e. The predicted octanol–water partition coefficient (Wildman–Crippen LogP) is 2.46. The zero-order valence-corrected chi connectivity index (χ0v) is 10.5. The molecule has 0 radical (unpaired) electrons. The zero-order chi connectivity index (χ0) is 13.2. The van der Waals surface area contributed by atoms with Crippen LogP contribution >= 0.6 is 0 Å². The Morgan fingerprint density at radius 3 is 2.63 bits per heavy atom. The summed E-state index contributed by atoms with van der Waals surface area (Å²) in [6.07, 6.45) is 0.954. The Labute approximate surface area is 111 Å². The summed E-state index contributed by atoms with van der Waals surface area (Å²) in [5, 5.41) is 12.6. The summed E-state index contributed by atoms with van der Waals surface area (Å²) in [7, 11) is 0. The minimum absolute atomic E-state index is 0.0483. The van der Waals surface area contributed by atoms with E-state index in [2.05, 4.69) is 11.4 Å². The molecule has 3 nitrogen and oxygen atoms in total.